The van der Waals surface area contributed by atoms with Crippen LogP contribution < -0.4 is 5.32 Å². The SMILES string of the molecule is Cc1ccc(C(C(=O)Nc2cccc(CC3(C)CC3)c2)C(C)C(F)(F)F)cc1. The molecule has 1 amide bonds. The Morgan fingerprint density at radius 2 is 1.79 bits per heavy atom. The van der Waals surface area contributed by atoms with E-state index in [0.29, 0.717) is 16.7 Å². The number of amides is 1. The van der Waals surface area contributed by atoms with E-state index in [9.17, 15) is 18.0 Å². The van der Waals surface area contributed by atoms with Crippen molar-refractivity contribution in [2.45, 2.75) is 52.1 Å². The third-order valence-corrected chi connectivity index (χ3v) is 5.66. The van der Waals surface area contributed by atoms with E-state index in [2.05, 4.69) is 12.2 Å². The number of hydrogen-bond acceptors (Lipinski definition) is 1. The maximum atomic E-state index is 13.4. The van der Waals surface area contributed by atoms with Crippen LogP contribution in [0.5, 0.6) is 0 Å². The van der Waals surface area contributed by atoms with Crippen LogP contribution in [-0.2, 0) is 11.2 Å². The van der Waals surface area contributed by atoms with Gasteiger partial charge in [0.1, 0.15) is 0 Å². The summed E-state index contributed by atoms with van der Waals surface area (Å²) in [6, 6.07) is 14.1. The molecule has 2 aromatic carbocycles. The molecule has 1 fully saturated rings. The van der Waals surface area contributed by atoms with Gasteiger partial charge in [-0.2, -0.15) is 13.2 Å². The monoisotopic (exact) mass is 389 g/mol. The van der Waals surface area contributed by atoms with Crippen LogP contribution in [-0.4, -0.2) is 12.1 Å². The molecule has 5 heteroatoms. The highest BCUT2D eigenvalue weighted by Gasteiger charge is 2.45. The van der Waals surface area contributed by atoms with E-state index in [1.165, 1.54) is 12.8 Å². The van der Waals surface area contributed by atoms with Crippen LogP contribution in [0.15, 0.2) is 48.5 Å². The van der Waals surface area contributed by atoms with Gasteiger partial charge in [-0.1, -0.05) is 55.8 Å². The van der Waals surface area contributed by atoms with Crippen LogP contribution in [0.3, 0.4) is 0 Å². The Hall–Kier alpha value is -2.30. The molecule has 0 heterocycles. The molecule has 0 aliphatic heterocycles. The first-order valence-electron chi connectivity index (χ1n) is 9.60. The van der Waals surface area contributed by atoms with Crippen LogP contribution >= 0.6 is 0 Å². The smallest absolute Gasteiger partial charge is 0.326 e. The van der Waals surface area contributed by atoms with Crippen molar-refractivity contribution in [1.29, 1.82) is 0 Å². The molecule has 3 rings (SSSR count). The summed E-state index contributed by atoms with van der Waals surface area (Å²) in [4.78, 5) is 12.9. The van der Waals surface area contributed by atoms with Gasteiger partial charge in [-0.3, -0.25) is 4.79 Å². The normalized spacial score (nSPS) is 17.6. The molecule has 1 aliphatic rings. The number of carbonyl (C=O) groups is 1. The Morgan fingerprint density at radius 3 is 2.36 bits per heavy atom. The average Bonchev–Trinajstić information content (AvgIpc) is 3.33. The van der Waals surface area contributed by atoms with Gasteiger partial charge >= 0.3 is 6.18 Å². The molecular formula is C23H26F3NO. The maximum absolute atomic E-state index is 13.4. The summed E-state index contributed by atoms with van der Waals surface area (Å²) < 4.78 is 40.3. The van der Waals surface area contributed by atoms with Crippen molar-refractivity contribution in [2.75, 3.05) is 5.32 Å². The number of anilines is 1. The zero-order chi connectivity index (χ0) is 20.5. The van der Waals surface area contributed by atoms with Crippen molar-refractivity contribution in [2.24, 2.45) is 11.3 Å². The van der Waals surface area contributed by atoms with Crippen molar-refractivity contribution in [1.82, 2.24) is 0 Å². The summed E-state index contributed by atoms with van der Waals surface area (Å²) in [7, 11) is 0. The average molecular weight is 389 g/mol. The first-order valence-corrected chi connectivity index (χ1v) is 9.60. The predicted molar refractivity (Wildman–Crippen MR) is 105 cm³/mol. The van der Waals surface area contributed by atoms with Crippen molar-refractivity contribution >= 4 is 11.6 Å². The second-order valence-electron chi connectivity index (χ2n) is 8.40. The first kappa shape index (κ1) is 20.4. The lowest BCUT2D eigenvalue weighted by Crippen LogP contribution is -2.34. The van der Waals surface area contributed by atoms with Crippen LogP contribution in [0.4, 0.5) is 18.9 Å². The van der Waals surface area contributed by atoms with Crippen LogP contribution in [0.2, 0.25) is 0 Å². The van der Waals surface area contributed by atoms with Crippen molar-refractivity contribution < 1.29 is 18.0 Å². The maximum Gasteiger partial charge on any atom is 0.392 e. The second kappa shape index (κ2) is 7.61. The molecular weight excluding hydrogens is 363 g/mol. The minimum atomic E-state index is -4.46. The largest absolute Gasteiger partial charge is 0.392 e. The highest BCUT2D eigenvalue weighted by molar-refractivity contribution is 5.96. The van der Waals surface area contributed by atoms with Crippen LogP contribution in [0, 0.1) is 18.3 Å². The zero-order valence-electron chi connectivity index (χ0n) is 16.4. The summed E-state index contributed by atoms with van der Waals surface area (Å²) in [6.45, 7) is 5.14. The molecule has 150 valence electrons. The molecule has 1 N–H and O–H groups in total. The molecule has 2 nitrogen and oxygen atoms in total. The summed E-state index contributed by atoms with van der Waals surface area (Å²) >= 11 is 0. The van der Waals surface area contributed by atoms with Crippen molar-refractivity contribution in [3.8, 4) is 0 Å². The third kappa shape index (κ3) is 4.94. The van der Waals surface area contributed by atoms with E-state index in [4.69, 9.17) is 0 Å². The number of halogens is 3. The molecule has 0 spiro atoms. The van der Waals surface area contributed by atoms with E-state index in [-0.39, 0.29) is 0 Å². The molecule has 2 aromatic rings. The van der Waals surface area contributed by atoms with E-state index in [0.717, 1.165) is 24.5 Å². The standard InChI is InChI=1S/C23H26F3NO/c1-15-7-9-18(10-8-15)20(16(2)23(24,25)26)21(28)27-19-6-4-5-17(13-19)14-22(3)11-12-22/h4-10,13,16,20H,11-12,14H2,1-3H3,(H,27,28). The van der Waals surface area contributed by atoms with Gasteiger partial charge in [0.25, 0.3) is 0 Å². The van der Waals surface area contributed by atoms with Crippen LogP contribution in [0.25, 0.3) is 0 Å². The summed E-state index contributed by atoms with van der Waals surface area (Å²) in [5, 5.41) is 2.72. The molecule has 0 radical (unpaired) electrons. The van der Waals surface area contributed by atoms with Gasteiger partial charge < -0.3 is 5.32 Å². The number of alkyl halides is 3. The summed E-state index contributed by atoms with van der Waals surface area (Å²) in [5.74, 6) is -3.72. The molecule has 2 unspecified atom stereocenters. The second-order valence-corrected chi connectivity index (χ2v) is 8.40. The minimum Gasteiger partial charge on any atom is -0.326 e. The highest BCUT2D eigenvalue weighted by atomic mass is 19.4. The zero-order valence-corrected chi connectivity index (χ0v) is 16.4. The van der Waals surface area contributed by atoms with E-state index in [1.807, 2.05) is 25.1 Å². The van der Waals surface area contributed by atoms with Gasteiger partial charge in [-0.25, -0.2) is 0 Å². The third-order valence-electron chi connectivity index (χ3n) is 5.66. The summed E-state index contributed by atoms with van der Waals surface area (Å²) in [5.41, 5.74) is 3.25. The number of nitrogens with one attached hydrogen (secondary N) is 1. The van der Waals surface area contributed by atoms with Crippen molar-refractivity contribution in [3.63, 3.8) is 0 Å². The molecule has 1 aliphatic carbocycles. The Kier molecular flexibility index (Phi) is 5.55. The molecule has 1 saturated carbocycles. The molecule has 2 atom stereocenters. The van der Waals surface area contributed by atoms with E-state index < -0.39 is 23.9 Å². The Morgan fingerprint density at radius 1 is 1.14 bits per heavy atom. The fourth-order valence-corrected chi connectivity index (χ4v) is 3.49. The fourth-order valence-electron chi connectivity index (χ4n) is 3.49. The van der Waals surface area contributed by atoms with Gasteiger partial charge in [0, 0.05) is 5.69 Å². The number of aryl methyl sites for hydroxylation is 1. The number of carbonyl (C=O) groups excluding carboxylic acids is 1. The Bertz CT molecular complexity index is 838. The molecule has 0 bridgehead atoms. The quantitative estimate of drug-likeness (QED) is 0.621. The number of hydrogen-bond donors (Lipinski definition) is 1. The minimum absolute atomic E-state index is 0.317. The van der Waals surface area contributed by atoms with E-state index in [1.54, 1.807) is 30.3 Å². The van der Waals surface area contributed by atoms with Gasteiger partial charge in [0.15, 0.2) is 0 Å². The van der Waals surface area contributed by atoms with E-state index >= 15 is 0 Å². The first-order chi connectivity index (χ1) is 13.1. The molecule has 0 saturated heterocycles. The van der Waals surface area contributed by atoms with Gasteiger partial charge in [-0.15, -0.1) is 0 Å². The lowest BCUT2D eigenvalue weighted by atomic mass is 9.85. The Balaban J connectivity index is 1.83. The lowest BCUT2D eigenvalue weighted by molar-refractivity contribution is -0.178. The van der Waals surface area contributed by atoms with Crippen molar-refractivity contribution in [3.05, 3.63) is 65.2 Å². The molecule has 0 aromatic heterocycles. The van der Waals surface area contributed by atoms with Gasteiger partial charge in [-0.05, 0) is 54.9 Å². The predicted octanol–water partition coefficient (Wildman–Crippen LogP) is 6.26. The van der Waals surface area contributed by atoms with Crippen LogP contribution in [0.1, 0.15) is 49.3 Å². The Labute approximate surface area is 164 Å². The van der Waals surface area contributed by atoms with Gasteiger partial charge in [0.05, 0.1) is 11.8 Å². The topological polar surface area (TPSA) is 29.1 Å². The number of benzene rings is 2. The molecule has 28 heavy (non-hydrogen) atoms. The number of rotatable bonds is 6. The fraction of sp³-hybridized carbons (Fsp3) is 0.435. The highest BCUT2D eigenvalue weighted by Crippen LogP contribution is 2.47. The lowest BCUT2D eigenvalue weighted by Gasteiger charge is -2.26. The summed E-state index contributed by atoms with van der Waals surface area (Å²) in [6.07, 6.45) is -1.18. The van der Waals surface area contributed by atoms with Gasteiger partial charge in [0.2, 0.25) is 5.91 Å².